The molecule has 0 radical (unpaired) electrons. The average molecular weight is 647 g/mol. The summed E-state index contributed by atoms with van der Waals surface area (Å²) in [5.74, 6) is -2.29. The fourth-order valence-corrected chi connectivity index (χ4v) is 7.48. The van der Waals surface area contributed by atoms with Gasteiger partial charge in [-0.3, -0.25) is 24.6 Å². The Morgan fingerprint density at radius 3 is 2.11 bits per heavy atom. The van der Waals surface area contributed by atoms with E-state index in [1.807, 2.05) is 51.9 Å². The molecule has 1 unspecified atom stereocenters. The smallest absolute Gasteiger partial charge is 0.301 e. The van der Waals surface area contributed by atoms with Crippen LogP contribution >= 0.6 is 11.3 Å². The lowest BCUT2D eigenvalue weighted by molar-refractivity contribution is -0.384. The molecule has 3 aromatic carbocycles. The number of anilines is 2. The Morgan fingerprint density at radius 2 is 1.58 bits per heavy atom. The fraction of sp³-hybridized carbons (Fsp3) is 0.219. The van der Waals surface area contributed by atoms with E-state index in [0.29, 0.717) is 22.5 Å². The molecule has 13 heteroatoms. The van der Waals surface area contributed by atoms with Crippen LogP contribution in [0.5, 0.6) is 0 Å². The highest BCUT2D eigenvalue weighted by Crippen LogP contribution is 2.44. The largest absolute Gasteiger partial charge is 0.507 e. The molecule has 1 fully saturated rings. The van der Waals surface area contributed by atoms with Crippen molar-refractivity contribution in [1.82, 2.24) is 4.98 Å². The maximum atomic E-state index is 13.6. The highest BCUT2D eigenvalue weighted by molar-refractivity contribution is 7.93. The molecule has 0 aliphatic carbocycles. The van der Waals surface area contributed by atoms with Gasteiger partial charge in [0.15, 0.2) is 5.13 Å². The number of carbonyl (C=O) groups is 2. The molecular weight excluding hydrogens is 617 g/mol. The van der Waals surface area contributed by atoms with Crippen molar-refractivity contribution in [2.75, 3.05) is 23.9 Å². The average Bonchev–Trinajstić information content (AvgIpc) is 3.60. The van der Waals surface area contributed by atoms with Crippen LogP contribution < -0.4 is 9.80 Å². The van der Waals surface area contributed by atoms with Crippen LogP contribution in [-0.2, 0) is 24.8 Å². The number of hydrogen-bond donors (Lipinski definition) is 1. The molecule has 1 N–H and O–H groups in total. The molecule has 5 rings (SSSR count). The number of Topliss-reactive ketones (excluding diaryl/α,β-unsaturated/α-hetero) is 1. The first-order valence-corrected chi connectivity index (χ1v) is 16.1. The Bertz CT molecular complexity index is 1940. The van der Waals surface area contributed by atoms with Crippen LogP contribution in [0.1, 0.15) is 43.5 Å². The van der Waals surface area contributed by atoms with Crippen molar-refractivity contribution in [1.29, 1.82) is 0 Å². The van der Waals surface area contributed by atoms with Gasteiger partial charge < -0.3 is 10.0 Å². The number of aromatic nitrogens is 1. The number of sulfone groups is 1. The molecule has 232 valence electrons. The molecule has 1 amide bonds. The van der Waals surface area contributed by atoms with Gasteiger partial charge in [-0.25, -0.2) is 13.4 Å². The highest BCUT2D eigenvalue weighted by Gasteiger charge is 2.48. The predicted molar refractivity (Wildman–Crippen MR) is 171 cm³/mol. The molecule has 2 heterocycles. The summed E-state index contributed by atoms with van der Waals surface area (Å²) in [6.07, 6.45) is 1.08. The van der Waals surface area contributed by atoms with E-state index in [1.54, 1.807) is 36.4 Å². The Hall–Kier alpha value is -4.88. The summed E-state index contributed by atoms with van der Waals surface area (Å²) in [6, 6.07) is 17.5. The number of rotatable bonds is 7. The van der Waals surface area contributed by atoms with E-state index in [-0.39, 0.29) is 36.7 Å². The van der Waals surface area contributed by atoms with Crippen molar-refractivity contribution in [2.45, 2.75) is 41.3 Å². The summed E-state index contributed by atoms with van der Waals surface area (Å²) >= 11 is 0.679. The number of amides is 1. The quantitative estimate of drug-likeness (QED) is 0.0854. The van der Waals surface area contributed by atoms with Crippen LogP contribution in [0, 0.1) is 10.1 Å². The number of nitro groups is 1. The van der Waals surface area contributed by atoms with Crippen LogP contribution in [0.25, 0.3) is 5.76 Å². The zero-order chi connectivity index (χ0) is 32.8. The molecule has 1 aliphatic heterocycles. The van der Waals surface area contributed by atoms with Crippen LogP contribution in [-0.4, -0.2) is 49.2 Å². The van der Waals surface area contributed by atoms with Gasteiger partial charge in [0.1, 0.15) is 9.97 Å². The van der Waals surface area contributed by atoms with Crippen molar-refractivity contribution in [3.63, 3.8) is 0 Å². The van der Waals surface area contributed by atoms with Crippen molar-refractivity contribution < 1.29 is 28.0 Å². The molecule has 0 saturated carbocycles. The lowest BCUT2D eigenvalue weighted by Crippen LogP contribution is -2.29. The number of nitro benzene ring substituents is 1. The summed E-state index contributed by atoms with van der Waals surface area (Å²) < 4.78 is 26.5. The number of aliphatic hydroxyl groups is 1. The lowest BCUT2D eigenvalue weighted by atomic mass is 9.85. The van der Waals surface area contributed by atoms with Gasteiger partial charge in [0.25, 0.3) is 11.5 Å². The summed E-state index contributed by atoms with van der Waals surface area (Å²) in [6.45, 7) is 6.15. The molecular formula is C32H30N4O7S2. The van der Waals surface area contributed by atoms with Gasteiger partial charge in [0.2, 0.25) is 9.84 Å². The SMILES string of the molecule is CN(C)c1ccc(/C(O)=C2\C(=O)C(=O)N(c3ncc(S(=O)(=O)c4ccc([N+](=O)[O-])cc4)s3)C2c2ccc(C(C)(C)C)cc2)cc1. The third-order valence-electron chi connectivity index (χ3n) is 7.50. The third kappa shape index (κ3) is 5.83. The first-order valence-electron chi connectivity index (χ1n) is 13.8. The van der Waals surface area contributed by atoms with Crippen molar-refractivity contribution >= 4 is 55.1 Å². The van der Waals surface area contributed by atoms with Gasteiger partial charge in [-0.15, -0.1) is 0 Å². The van der Waals surface area contributed by atoms with Crippen molar-refractivity contribution in [3.8, 4) is 0 Å². The zero-order valence-electron chi connectivity index (χ0n) is 25.1. The van der Waals surface area contributed by atoms with E-state index in [4.69, 9.17) is 0 Å². The molecule has 1 atom stereocenters. The van der Waals surface area contributed by atoms with Crippen LogP contribution in [0.2, 0.25) is 0 Å². The Labute approximate surface area is 264 Å². The first-order chi connectivity index (χ1) is 21.1. The van der Waals surface area contributed by atoms with Gasteiger partial charge >= 0.3 is 5.91 Å². The van der Waals surface area contributed by atoms with Gasteiger partial charge in [-0.2, -0.15) is 0 Å². The van der Waals surface area contributed by atoms with E-state index in [2.05, 4.69) is 4.98 Å². The van der Waals surface area contributed by atoms with Gasteiger partial charge in [-0.05, 0) is 52.9 Å². The summed E-state index contributed by atoms with van der Waals surface area (Å²) in [7, 11) is -0.430. The summed E-state index contributed by atoms with van der Waals surface area (Å²) in [4.78, 5) is 44.6. The molecule has 1 aromatic heterocycles. The van der Waals surface area contributed by atoms with Gasteiger partial charge in [0.05, 0.1) is 27.6 Å². The summed E-state index contributed by atoms with van der Waals surface area (Å²) in [5.41, 5.74) is 2.12. The van der Waals surface area contributed by atoms with E-state index < -0.39 is 32.5 Å². The van der Waals surface area contributed by atoms with E-state index >= 15 is 0 Å². The second kappa shape index (κ2) is 11.6. The minimum absolute atomic E-state index is 0.0653. The van der Waals surface area contributed by atoms with Crippen LogP contribution in [0.4, 0.5) is 16.5 Å². The van der Waals surface area contributed by atoms with E-state index in [9.17, 15) is 33.2 Å². The number of benzene rings is 3. The highest BCUT2D eigenvalue weighted by atomic mass is 32.2. The Balaban J connectivity index is 1.63. The topological polar surface area (TPSA) is 151 Å². The molecule has 0 spiro atoms. The molecule has 1 aliphatic rings. The maximum Gasteiger partial charge on any atom is 0.301 e. The number of aliphatic hydroxyl groups excluding tert-OH is 1. The van der Waals surface area contributed by atoms with E-state index in [1.165, 1.54) is 0 Å². The minimum Gasteiger partial charge on any atom is -0.507 e. The van der Waals surface area contributed by atoms with Gasteiger partial charge in [0, 0.05) is 37.5 Å². The molecule has 4 aromatic rings. The fourth-order valence-electron chi connectivity index (χ4n) is 4.93. The number of ketones is 1. The lowest BCUT2D eigenvalue weighted by Gasteiger charge is -2.25. The second-order valence-corrected chi connectivity index (χ2v) is 14.9. The summed E-state index contributed by atoms with van der Waals surface area (Å²) in [5, 5.41) is 22.4. The van der Waals surface area contributed by atoms with E-state index in [0.717, 1.165) is 46.6 Å². The third-order valence-corrected chi connectivity index (χ3v) is 10.7. The van der Waals surface area contributed by atoms with Crippen LogP contribution in [0.15, 0.2) is 93.7 Å². The maximum absolute atomic E-state index is 13.6. The number of thiazole rings is 1. The Kier molecular flexibility index (Phi) is 8.10. The minimum atomic E-state index is -4.16. The number of nitrogens with zero attached hydrogens (tertiary/aromatic N) is 4. The van der Waals surface area contributed by atoms with Crippen molar-refractivity contribution in [2.24, 2.45) is 0 Å². The second-order valence-electron chi connectivity index (χ2n) is 11.7. The Morgan fingerprint density at radius 1 is 0.978 bits per heavy atom. The monoisotopic (exact) mass is 646 g/mol. The normalized spacial score (nSPS) is 16.6. The number of carbonyl (C=O) groups excluding carboxylic acids is 2. The van der Waals surface area contributed by atoms with Crippen molar-refractivity contribution in [3.05, 3.63) is 111 Å². The number of hydrogen-bond acceptors (Lipinski definition) is 10. The zero-order valence-corrected chi connectivity index (χ0v) is 26.7. The first kappa shape index (κ1) is 31.5. The molecule has 1 saturated heterocycles. The predicted octanol–water partition coefficient (Wildman–Crippen LogP) is 5.87. The molecule has 0 bridgehead atoms. The molecule has 45 heavy (non-hydrogen) atoms. The van der Waals surface area contributed by atoms with Crippen LogP contribution in [0.3, 0.4) is 0 Å². The van der Waals surface area contributed by atoms with Gasteiger partial charge in [-0.1, -0.05) is 56.4 Å². The number of non-ortho nitro benzene ring substituents is 1. The standard InChI is InChI=1S/C32H30N4O7S2/c1-32(2,3)21-10-6-19(7-11-21)27-26(28(37)20-8-12-22(13-9-20)34(4)5)29(38)30(39)35(27)31-33-18-25(44-31)45(42,43)24-16-14-23(15-17-24)36(40)41/h6-18,27,37H,1-5H3/b28-26+. The molecule has 11 nitrogen and oxygen atoms in total.